The van der Waals surface area contributed by atoms with E-state index in [-0.39, 0.29) is 7.92 Å². The van der Waals surface area contributed by atoms with Gasteiger partial charge in [-0.15, -0.1) is 0 Å². The van der Waals surface area contributed by atoms with Crippen LogP contribution in [0.4, 0.5) is 0 Å². The predicted octanol–water partition coefficient (Wildman–Crippen LogP) is 2.95. The van der Waals surface area contributed by atoms with Crippen molar-refractivity contribution in [2.75, 3.05) is 13.5 Å². The number of ether oxygens (including phenoxy) is 2. The van der Waals surface area contributed by atoms with Gasteiger partial charge < -0.3 is 9.47 Å². The highest BCUT2D eigenvalue weighted by molar-refractivity contribution is 7.66. The zero-order valence-corrected chi connectivity index (χ0v) is 10.6. The zero-order valence-electron chi connectivity index (χ0n) is 9.70. The van der Waals surface area contributed by atoms with Crippen LogP contribution in [-0.4, -0.2) is 18.6 Å². The molecule has 1 atom stereocenters. The molecule has 2 nitrogen and oxygen atoms in total. The van der Waals surface area contributed by atoms with Gasteiger partial charge in [-0.1, -0.05) is 34.8 Å². The molecule has 0 amide bonds. The number of hydrogen-bond donors (Lipinski definition) is 0. The van der Waals surface area contributed by atoms with Crippen LogP contribution in [0.1, 0.15) is 20.8 Å². The SMILES string of the molecule is CP(c1ccc2c(c1)OCO2)C(C)(C)C. The molecule has 15 heavy (non-hydrogen) atoms. The van der Waals surface area contributed by atoms with E-state index in [2.05, 4.69) is 39.6 Å². The summed E-state index contributed by atoms with van der Waals surface area (Å²) in [6, 6.07) is 6.30. The van der Waals surface area contributed by atoms with Gasteiger partial charge in [0.2, 0.25) is 6.79 Å². The Morgan fingerprint density at radius 3 is 2.47 bits per heavy atom. The maximum absolute atomic E-state index is 5.39. The van der Waals surface area contributed by atoms with E-state index in [0.29, 0.717) is 11.9 Å². The van der Waals surface area contributed by atoms with Crippen LogP contribution in [0, 0.1) is 0 Å². The molecule has 0 aliphatic carbocycles. The van der Waals surface area contributed by atoms with Gasteiger partial charge in [0.1, 0.15) is 0 Å². The van der Waals surface area contributed by atoms with Crippen LogP contribution in [0.5, 0.6) is 11.5 Å². The fourth-order valence-corrected chi connectivity index (χ4v) is 2.86. The predicted molar refractivity (Wildman–Crippen MR) is 64.8 cm³/mol. The van der Waals surface area contributed by atoms with Crippen LogP contribution in [-0.2, 0) is 0 Å². The summed E-state index contributed by atoms with van der Waals surface area (Å²) in [5, 5.41) is 1.71. The molecule has 0 radical (unpaired) electrons. The molecule has 1 aliphatic heterocycles. The molecule has 0 saturated carbocycles. The van der Waals surface area contributed by atoms with Crippen LogP contribution < -0.4 is 14.8 Å². The summed E-state index contributed by atoms with van der Waals surface area (Å²) in [7, 11) is -0.159. The maximum atomic E-state index is 5.39. The summed E-state index contributed by atoms with van der Waals surface area (Å²) < 4.78 is 10.7. The maximum Gasteiger partial charge on any atom is 0.231 e. The Hall–Kier alpha value is -0.750. The minimum atomic E-state index is -0.159. The average Bonchev–Trinajstić information content (AvgIpc) is 2.61. The molecule has 1 heterocycles. The lowest BCUT2D eigenvalue weighted by Crippen LogP contribution is -2.18. The third-order valence-electron chi connectivity index (χ3n) is 2.75. The van der Waals surface area contributed by atoms with E-state index >= 15 is 0 Å². The highest BCUT2D eigenvalue weighted by atomic mass is 31.1. The molecule has 2 rings (SSSR count). The monoisotopic (exact) mass is 224 g/mol. The Bertz CT molecular complexity index is 368. The Balaban J connectivity index is 2.31. The van der Waals surface area contributed by atoms with Gasteiger partial charge in [-0.3, -0.25) is 0 Å². The summed E-state index contributed by atoms with van der Waals surface area (Å²) in [6.07, 6.45) is 0. The summed E-state index contributed by atoms with van der Waals surface area (Å²) in [6.45, 7) is 9.51. The molecule has 0 saturated heterocycles. The molecule has 82 valence electrons. The van der Waals surface area contributed by atoms with E-state index in [1.165, 1.54) is 5.30 Å². The summed E-state index contributed by atoms with van der Waals surface area (Å²) >= 11 is 0. The smallest absolute Gasteiger partial charge is 0.231 e. The normalized spacial score (nSPS) is 16.5. The van der Waals surface area contributed by atoms with Crippen molar-refractivity contribution in [3.63, 3.8) is 0 Å². The lowest BCUT2D eigenvalue weighted by molar-refractivity contribution is 0.174. The Morgan fingerprint density at radius 1 is 1.13 bits per heavy atom. The van der Waals surface area contributed by atoms with Crippen molar-refractivity contribution < 1.29 is 9.47 Å². The second-order valence-corrected chi connectivity index (χ2v) is 7.74. The van der Waals surface area contributed by atoms with Crippen LogP contribution in [0.25, 0.3) is 0 Å². The van der Waals surface area contributed by atoms with Crippen molar-refractivity contribution >= 4 is 13.2 Å². The third-order valence-corrected chi connectivity index (χ3v) is 5.81. The molecule has 3 heteroatoms. The van der Waals surface area contributed by atoms with Crippen LogP contribution in [0.3, 0.4) is 0 Å². The van der Waals surface area contributed by atoms with Gasteiger partial charge in [0.05, 0.1) is 0 Å². The van der Waals surface area contributed by atoms with Crippen LogP contribution in [0.2, 0.25) is 0 Å². The fraction of sp³-hybridized carbons (Fsp3) is 0.500. The summed E-state index contributed by atoms with van der Waals surface area (Å²) in [5.41, 5.74) is 0. The standard InChI is InChI=1S/C12H17O2P/c1-12(2,3)15(4)9-5-6-10-11(7-9)14-8-13-10/h5-7H,8H2,1-4H3. The van der Waals surface area contributed by atoms with E-state index in [1.807, 2.05) is 6.07 Å². The quantitative estimate of drug-likeness (QED) is 0.683. The van der Waals surface area contributed by atoms with Crippen molar-refractivity contribution in [2.24, 2.45) is 0 Å². The lowest BCUT2D eigenvalue weighted by Gasteiger charge is -2.28. The number of fused-ring (bicyclic) bond motifs is 1. The molecule has 0 N–H and O–H groups in total. The second-order valence-electron chi connectivity index (χ2n) is 4.77. The molecule has 1 unspecified atom stereocenters. The van der Waals surface area contributed by atoms with Gasteiger partial charge >= 0.3 is 0 Å². The summed E-state index contributed by atoms with van der Waals surface area (Å²) in [4.78, 5) is 0. The van der Waals surface area contributed by atoms with Crippen LogP contribution >= 0.6 is 7.92 Å². The third kappa shape index (κ3) is 2.10. The summed E-state index contributed by atoms with van der Waals surface area (Å²) in [5.74, 6) is 1.77. The zero-order chi connectivity index (χ0) is 11.1. The van der Waals surface area contributed by atoms with Gasteiger partial charge in [0.25, 0.3) is 0 Å². The van der Waals surface area contributed by atoms with Gasteiger partial charge in [0.15, 0.2) is 11.5 Å². The molecular weight excluding hydrogens is 207 g/mol. The minimum Gasteiger partial charge on any atom is -0.454 e. The van der Waals surface area contributed by atoms with Crippen LogP contribution in [0.15, 0.2) is 18.2 Å². The molecule has 0 spiro atoms. The lowest BCUT2D eigenvalue weighted by atomic mass is 10.3. The van der Waals surface area contributed by atoms with Gasteiger partial charge in [0, 0.05) is 0 Å². The first kappa shape index (κ1) is 10.8. The second kappa shape index (κ2) is 3.68. The molecule has 0 fully saturated rings. The first-order valence-electron chi connectivity index (χ1n) is 5.12. The van der Waals surface area contributed by atoms with Crippen molar-refractivity contribution in [3.05, 3.63) is 18.2 Å². The first-order chi connectivity index (χ1) is 6.98. The number of hydrogen-bond acceptors (Lipinski definition) is 2. The first-order valence-corrected chi connectivity index (χ1v) is 6.91. The fourth-order valence-electron chi connectivity index (χ4n) is 1.48. The van der Waals surface area contributed by atoms with E-state index in [0.717, 1.165) is 11.5 Å². The van der Waals surface area contributed by atoms with Crippen molar-refractivity contribution in [1.29, 1.82) is 0 Å². The molecular formula is C12H17O2P. The minimum absolute atomic E-state index is 0.159. The average molecular weight is 224 g/mol. The molecule has 0 aromatic heterocycles. The van der Waals surface area contributed by atoms with Crippen molar-refractivity contribution in [2.45, 2.75) is 25.9 Å². The Kier molecular flexibility index (Phi) is 2.64. The number of rotatable bonds is 1. The molecule has 1 aliphatic rings. The number of benzene rings is 1. The topological polar surface area (TPSA) is 18.5 Å². The van der Waals surface area contributed by atoms with E-state index < -0.39 is 0 Å². The van der Waals surface area contributed by atoms with Gasteiger partial charge in [-0.25, -0.2) is 0 Å². The van der Waals surface area contributed by atoms with E-state index in [9.17, 15) is 0 Å². The van der Waals surface area contributed by atoms with Crippen molar-refractivity contribution in [1.82, 2.24) is 0 Å². The molecule has 1 aromatic carbocycles. The highest BCUT2D eigenvalue weighted by Crippen LogP contribution is 2.46. The molecule has 0 bridgehead atoms. The molecule has 1 aromatic rings. The van der Waals surface area contributed by atoms with E-state index in [4.69, 9.17) is 9.47 Å². The largest absolute Gasteiger partial charge is 0.454 e. The highest BCUT2D eigenvalue weighted by Gasteiger charge is 2.23. The van der Waals surface area contributed by atoms with Gasteiger partial charge in [-0.2, -0.15) is 0 Å². The Morgan fingerprint density at radius 2 is 1.80 bits per heavy atom. The Labute approximate surface area is 92.3 Å². The van der Waals surface area contributed by atoms with Crippen molar-refractivity contribution in [3.8, 4) is 11.5 Å². The van der Waals surface area contributed by atoms with Gasteiger partial charge in [-0.05, 0) is 29.3 Å². The van der Waals surface area contributed by atoms with E-state index in [1.54, 1.807) is 0 Å².